The lowest BCUT2D eigenvalue weighted by Crippen LogP contribution is -2.37. The first-order chi connectivity index (χ1) is 11.6. The summed E-state index contributed by atoms with van der Waals surface area (Å²) in [5.74, 6) is -0.486. The van der Waals surface area contributed by atoms with Gasteiger partial charge in [-0.15, -0.1) is 0 Å². The average Bonchev–Trinajstić information content (AvgIpc) is 2.61. The Hall–Kier alpha value is -2.37. The Bertz CT molecular complexity index is 595. The van der Waals surface area contributed by atoms with E-state index < -0.39 is 0 Å². The van der Waals surface area contributed by atoms with Crippen molar-refractivity contribution in [3.63, 3.8) is 0 Å². The minimum Gasteiger partial charge on any atom is -0.352 e. The van der Waals surface area contributed by atoms with Crippen molar-refractivity contribution in [2.75, 3.05) is 18.4 Å². The molecule has 0 radical (unpaired) electrons. The Labute approximate surface area is 142 Å². The van der Waals surface area contributed by atoms with Crippen LogP contribution in [0.5, 0.6) is 0 Å². The van der Waals surface area contributed by atoms with Gasteiger partial charge in [0.15, 0.2) is 0 Å². The van der Waals surface area contributed by atoms with Crippen LogP contribution in [0.25, 0.3) is 0 Å². The van der Waals surface area contributed by atoms with E-state index >= 15 is 0 Å². The minimum atomic E-state index is -0.299. The number of anilines is 1. The minimum absolute atomic E-state index is 0.0348. The van der Waals surface area contributed by atoms with Gasteiger partial charge >= 0.3 is 0 Å². The van der Waals surface area contributed by atoms with Crippen molar-refractivity contribution in [3.05, 3.63) is 29.8 Å². The third kappa shape index (κ3) is 5.37. The average molecular weight is 331 g/mol. The maximum absolute atomic E-state index is 12.0. The second-order valence-corrected chi connectivity index (χ2v) is 6.04. The molecule has 0 aromatic heterocycles. The monoisotopic (exact) mass is 331 g/mol. The molecular formula is C18H25N3O3. The molecule has 1 aromatic rings. The normalized spacial score (nSPS) is 14.7. The predicted molar refractivity (Wildman–Crippen MR) is 92.7 cm³/mol. The van der Waals surface area contributed by atoms with Crippen molar-refractivity contribution in [2.45, 2.75) is 39.0 Å². The highest BCUT2D eigenvalue weighted by Crippen LogP contribution is 2.23. The van der Waals surface area contributed by atoms with Crippen LogP contribution < -0.4 is 16.0 Å². The van der Waals surface area contributed by atoms with Crippen LogP contribution in [0.4, 0.5) is 5.69 Å². The zero-order chi connectivity index (χ0) is 17.4. The van der Waals surface area contributed by atoms with Gasteiger partial charge in [-0.1, -0.05) is 25.3 Å². The molecule has 1 aromatic carbocycles. The molecule has 3 amide bonds. The van der Waals surface area contributed by atoms with Gasteiger partial charge in [0, 0.05) is 23.7 Å². The van der Waals surface area contributed by atoms with Gasteiger partial charge in [-0.2, -0.15) is 0 Å². The van der Waals surface area contributed by atoms with E-state index in [2.05, 4.69) is 16.0 Å². The summed E-state index contributed by atoms with van der Waals surface area (Å²) >= 11 is 0. The van der Waals surface area contributed by atoms with E-state index in [4.69, 9.17) is 0 Å². The Kier molecular flexibility index (Phi) is 6.78. The van der Waals surface area contributed by atoms with E-state index in [1.165, 1.54) is 6.42 Å². The Balaban J connectivity index is 1.82. The number of carbonyl (C=O) groups excluding carboxylic acids is 3. The van der Waals surface area contributed by atoms with Crippen LogP contribution in [-0.4, -0.2) is 30.8 Å². The summed E-state index contributed by atoms with van der Waals surface area (Å²) in [4.78, 5) is 35.8. The quantitative estimate of drug-likeness (QED) is 0.746. The second kappa shape index (κ2) is 9.05. The highest BCUT2D eigenvalue weighted by Gasteiger charge is 2.21. The molecule has 6 heteroatoms. The van der Waals surface area contributed by atoms with E-state index in [1.807, 2.05) is 6.92 Å². The molecule has 0 unspecified atom stereocenters. The number of benzene rings is 1. The van der Waals surface area contributed by atoms with E-state index in [1.54, 1.807) is 24.3 Å². The van der Waals surface area contributed by atoms with Crippen LogP contribution in [0.1, 0.15) is 49.4 Å². The molecule has 130 valence electrons. The fraction of sp³-hybridized carbons (Fsp3) is 0.500. The molecule has 0 bridgehead atoms. The van der Waals surface area contributed by atoms with Crippen molar-refractivity contribution in [2.24, 2.45) is 5.92 Å². The molecule has 1 aliphatic rings. The Morgan fingerprint density at radius 3 is 2.54 bits per heavy atom. The maximum Gasteiger partial charge on any atom is 0.251 e. The predicted octanol–water partition coefficient (Wildman–Crippen LogP) is 2.07. The van der Waals surface area contributed by atoms with Crippen molar-refractivity contribution in [3.8, 4) is 0 Å². The SMILES string of the molecule is CCNC(=O)c1cccc(NC(=O)CNC(=O)C2CCCCC2)c1. The van der Waals surface area contributed by atoms with Gasteiger partial charge < -0.3 is 16.0 Å². The van der Waals surface area contributed by atoms with Crippen LogP contribution >= 0.6 is 0 Å². The standard InChI is InChI=1S/C18H25N3O3/c1-2-19-18(24)14-9-6-10-15(11-14)21-16(22)12-20-17(23)13-7-4-3-5-8-13/h6,9-11,13H,2-5,7-8,12H2,1H3,(H,19,24)(H,20,23)(H,21,22). The van der Waals surface area contributed by atoms with E-state index in [9.17, 15) is 14.4 Å². The molecule has 0 saturated heterocycles. The van der Waals surface area contributed by atoms with Gasteiger partial charge in [0.2, 0.25) is 11.8 Å². The van der Waals surface area contributed by atoms with Crippen LogP contribution in [0, 0.1) is 5.92 Å². The summed E-state index contributed by atoms with van der Waals surface area (Å²) in [5, 5.41) is 8.11. The smallest absolute Gasteiger partial charge is 0.251 e. The van der Waals surface area contributed by atoms with Gasteiger partial charge in [0.05, 0.1) is 6.54 Å². The van der Waals surface area contributed by atoms with Gasteiger partial charge in [0.1, 0.15) is 0 Å². The number of amides is 3. The largest absolute Gasteiger partial charge is 0.352 e. The van der Waals surface area contributed by atoms with Gasteiger partial charge in [-0.05, 0) is 38.0 Å². The first-order valence-electron chi connectivity index (χ1n) is 8.56. The molecular weight excluding hydrogens is 306 g/mol. The number of hydrogen-bond acceptors (Lipinski definition) is 3. The van der Waals surface area contributed by atoms with Crippen LogP contribution in [0.3, 0.4) is 0 Å². The molecule has 1 fully saturated rings. The number of nitrogens with one attached hydrogen (secondary N) is 3. The first-order valence-corrected chi connectivity index (χ1v) is 8.56. The van der Waals surface area contributed by atoms with Crippen LogP contribution in [-0.2, 0) is 9.59 Å². The van der Waals surface area contributed by atoms with E-state index in [-0.39, 0.29) is 30.2 Å². The van der Waals surface area contributed by atoms with Crippen molar-refractivity contribution in [1.29, 1.82) is 0 Å². The summed E-state index contributed by atoms with van der Waals surface area (Å²) in [7, 11) is 0. The molecule has 2 rings (SSSR count). The van der Waals surface area contributed by atoms with Crippen molar-refractivity contribution >= 4 is 23.4 Å². The Morgan fingerprint density at radius 2 is 1.83 bits per heavy atom. The number of rotatable bonds is 6. The first kappa shape index (κ1) is 18.0. The zero-order valence-electron chi connectivity index (χ0n) is 14.1. The lowest BCUT2D eigenvalue weighted by atomic mass is 9.89. The molecule has 0 spiro atoms. The second-order valence-electron chi connectivity index (χ2n) is 6.04. The van der Waals surface area contributed by atoms with Gasteiger partial charge in [0.25, 0.3) is 5.91 Å². The fourth-order valence-corrected chi connectivity index (χ4v) is 2.88. The lowest BCUT2D eigenvalue weighted by molar-refractivity contribution is -0.128. The summed E-state index contributed by atoms with van der Waals surface area (Å²) < 4.78 is 0. The summed E-state index contributed by atoms with van der Waals surface area (Å²) in [5.41, 5.74) is 1.02. The van der Waals surface area contributed by atoms with Crippen LogP contribution in [0.15, 0.2) is 24.3 Å². The number of hydrogen-bond donors (Lipinski definition) is 3. The molecule has 24 heavy (non-hydrogen) atoms. The number of carbonyl (C=O) groups is 3. The van der Waals surface area contributed by atoms with E-state index in [0.717, 1.165) is 25.7 Å². The molecule has 1 saturated carbocycles. The highest BCUT2D eigenvalue weighted by molar-refractivity contribution is 5.98. The molecule has 0 heterocycles. The van der Waals surface area contributed by atoms with Gasteiger partial charge in [-0.25, -0.2) is 0 Å². The topological polar surface area (TPSA) is 87.3 Å². The summed E-state index contributed by atoms with van der Waals surface area (Å²) in [6.07, 6.45) is 5.16. The van der Waals surface area contributed by atoms with Crippen molar-refractivity contribution < 1.29 is 14.4 Å². The third-order valence-corrected chi connectivity index (χ3v) is 4.14. The fourth-order valence-electron chi connectivity index (χ4n) is 2.88. The summed E-state index contributed by atoms with van der Waals surface area (Å²) in [6, 6.07) is 6.72. The molecule has 0 aliphatic heterocycles. The third-order valence-electron chi connectivity index (χ3n) is 4.14. The van der Waals surface area contributed by atoms with Crippen molar-refractivity contribution in [1.82, 2.24) is 10.6 Å². The molecule has 0 atom stereocenters. The molecule has 1 aliphatic carbocycles. The highest BCUT2D eigenvalue weighted by atomic mass is 16.2. The lowest BCUT2D eigenvalue weighted by Gasteiger charge is -2.20. The summed E-state index contributed by atoms with van der Waals surface area (Å²) in [6.45, 7) is 2.34. The van der Waals surface area contributed by atoms with E-state index in [0.29, 0.717) is 17.8 Å². The Morgan fingerprint density at radius 1 is 1.08 bits per heavy atom. The zero-order valence-corrected chi connectivity index (χ0v) is 14.1. The van der Waals surface area contributed by atoms with Crippen LogP contribution in [0.2, 0.25) is 0 Å². The maximum atomic E-state index is 12.0. The molecule has 3 N–H and O–H groups in total. The van der Waals surface area contributed by atoms with Gasteiger partial charge in [-0.3, -0.25) is 14.4 Å². The molecule has 6 nitrogen and oxygen atoms in total.